The molecule has 0 saturated heterocycles. The van der Waals surface area contributed by atoms with Crippen molar-refractivity contribution in [3.8, 4) is 22.6 Å². The summed E-state index contributed by atoms with van der Waals surface area (Å²) in [6.07, 6.45) is 1.71. The first kappa shape index (κ1) is 19.7. The fraction of sp³-hybridized carbons (Fsp3) is 0.296. The minimum atomic E-state index is -0.472. The van der Waals surface area contributed by atoms with E-state index in [1.807, 2.05) is 36.2 Å². The van der Waals surface area contributed by atoms with Gasteiger partial charge in [0.1, 0.15) is 0 Å². The van der Waals surface area contributed by atoms with E-state index < -0.39 is 5.41 Å². The van der Waals surface area contributed by atoms with Crippen LogP contribution in [0.15, 0.2) is 54.6 Å². The normalized spacial score (nSPS) is 15.6. The highest BCUT2D eigenvalue weighted by Gasteiger charge is 2.53. The lowest BCUT2D eigenvalue weighted by Crippen LogP contribution is -2.36. The molecule has 0 N–H and O–H groups in total. The molecule has 31 heavy (non-hydrogen) atoms. The second-order valence-electron chi connectivity index (χ2n) is 8.83. The predicted octanol–water partition coefficient (Wildman–Crippen LogP) is 5.70. The molecule has 1 amide bonds. The van der Waals surface area contributed by atoms with E-state index in [1.54, 1.807) is 0 Å². The van der Waals surface area contributed by atoms with Crippen LogP contribution in [0.2, 0.25) is 0 Å². The maximum atomic E-state index is 13.6. The molecular formula is C27H27NO3. The molecule has 3 aromatic carbocycles. The van der Waals surface area contributed by atoms with Crippen LogP contribution < -0.4 is 14.4 Å². The maximum Gasteiger partial charge on any atom is 0.237 e. The molecule has 1 heterocycles. The van der Waals surface area contributed by atoms with E-state index in [-0.39, 0.29) is 12.7 Å². The number of aryl methyl sites for hydroxylation is 3. The van der Waals surface area contributed by atoms with Gasteiger partial charge in [-0.3, -0.25) is 4.79 Å². The minimum Gasteiger partial charge on any atom is -0.454 e. The molecule has 5 rings (SSSR count). The zero-order valence-corrected chi connectivity index (χ0v) is 18.5. The average molecular weight is 414 g/mol. The number of carbonyl (C=O) groups excluding carboxylic acids is 1. The average Bonchev–Trinajstić information content (AvgIpc) is 3.44. The van der Waals surface area contributed by atoms with E-state index in [9.17, 15) is 4.79 Å². The largest absolute Gasteiger partial charge is 0.454 e. The van der Waals surface area contributed by atoms with Crippen molar-refractivity contribution in [1.29, 1.82) is 0 Å². The van der Waals surface area contributed by atoms with Gasteiger partial charge >= 0.3 is 0 Å². The van der Waals surface area contributed by atoms with Crippen LogP contribution in [0.25, 0.3) is 11.1 Å². The van der Waals surface area contributed by atoms with Crippen molar-refractivity contribution in [3.05, 3.63) is 76.9 Å². The number of anilines is 1. The minimum absolute atomic E-state index is 0.127. The first-order valence-electron chi connectivity index (χ1n) is 10.8. The van der Waals surface area contributed by atoms with Crippen LogP contribution in [0.4, 0.5) is 5.69 Å². The molecule has 0 radical (unpaired) electrons. The third kappa shape index (κ3) is 3.27. The summed E-state index contributed by atoms with van der Waals surface area (Å²) in [7, 11) is 1.88. The summed E-state index contributed by atoms with van der Waals surface area (Å²) in [5.41, 5.74) is 7.53. The molecule has 1 aliphatic carbocycles. The molecule has 0 aromatic heterocycles. The number of carbonyl (C=O) groups is 1. The van der Waals surface area contributed by atoms with Gasteiger partial charge in [0.2, 0.25) is 12.7 Å². The molecule has 4 heteroatoms. The summed E-state index contributed by atoms with van der Waals surface area (Å²) < 4.78 is 11.0. The van der Waals surface area contributed by atoms with Gasteiger partial charge in [-0.1, -0.05) is 35.9 Å². The summed E-state index contributed by atoms with van der Waals surface area (Å²) >= 11 is 0. The van der Waals surface area contributed by atoms with E-state index >= 15 is 0 Å². The van der Waals surface area contributed by atoms with Gasteiger partial charge in [-0.2, -0.15) is 0 Å². The van der Waals surface area contributed by atoms with Crippen LogP contribution in [0.1, 0.15) is 35.1 Å². The smallest absolute Gasteiger partial charge is 0.237 e. The lowest BCUT2D eigenvalue weighted by molar-refractivity contribution is -0.120. The van der Waals surface area contributed by atoms with Gasteiger partial charge in [-0.05, 0) is 85.7 Å². The Morgan fingerprint density at radius 1 is 0.839 bits per heavy atom. The van der Waals surface area contributed by atoms with E-state index in [1.165, 1.54) is 27.8 Å². The Kier molecular flexibility index (Phi) is 4.54. The van der Waals surface area contributed by atoms with Crippen molar-refractivity contribution < 1.29 is 14.3 Å². The highest BCUT2D eigenvalue weighted by atomic mass is 16.7. The lowest BCUT2D eigenvalue weighted by Gasteiger charge is -2.25. The Balaban J connectivity index is 1.47. The van der Waals surface area contributed by atoms with Gasteiger partial charge in [-0.25, -0.2) is 0 Å². The molecule has 4 nitrogen and oxygen atoms in total. The molecule has 0 spiro atoms. The van der Waals surface area contributed by atoms with E-state index in [0.717, 1.165) is 35.6 Å². The molecule has 0 bridgehead atoms. The van der Waals surface area contributed by atoms with Crippen LogP contribution >= 0.6 is 0 Å². The summed E-state index contributed by atoms with van der Waals surface area (Å²) in [5.74, 6) is 1.60. The van der Waals surface area contributed by atoms with Crippen molar-refractivity contribution in [2.45, 2.75) is 39.0 Å². The number of hydrogen-bond donors (Lipinski definition) is 0. The van der Waals surface area contributed by atoms with Gasteiger partial charge in [0.05, 0.1) is 5.41 Å². The van der Waals surface area contributed by atoms with Gasteiger partial charge in [0, 0.05) is 12.7 Å². The predicted molar refractivity (Wildman–Crippen MR) is 123 cm³/mol. The monoisotopic (exact) mass is 413 g/mol. The summed E-state index contributed by atoms with van der Waals surface area (Å²) in [6, 6.07) is 18.7. The van der Waals surface area contributed by atoms with Crippen molar-refractivity contribution in [2.75, 3.05) is 18.7 Å². The van der Waals surface area contributed by atoms with Crippen molar-refractivity contribution in [3.63, 3.8) is 0 Å². The van der Waals surface area contributed by atoms with Gasteiger partial charge in [-0.15, -0.1) is 0 Å². The lowest BCUT2D eigenvalue weighted by atomic mass is 9.92. The first-order chi connectivity index (χ1) is 14.9. The molecule has 1 saturated carbocycles. The van der Waals surface area contributed by atoms with E-state index in [0.29, 0.717) is 0 Å². The molecular weight excluding hydrogens is 386 g/mol. The summed E-state index contributed by atoms with van der Waals surface area (Å²) in [5, 5.41) is 0. The number of benzene rings is 3. The van der Waals surface area contributed by atoms with Crippen molar-refractivity contribution in [2.24, 2.45) is 0 Å². The second-order valence-corrected chi connectivity index (χ2v) is 8.83. The Hall–Kier alpha value is -3.27. The number of rotatable bonds is 4. The standard InChI is InChI=1S/C27H27NO3/c1-17-5-9-22(19(3)13-17)23-15-21(8-6-18(23)2)28(4)26(29)27(11-12-27)20-7-10-24-25(14-20)31-16-30-24/h5-10,13-15H,11-12,16H2,1-4H3. The number of ether oxygens (including phenoxy) is 2. The number of hydrogen-bond acceptors (Lipinski definition) is 3. The highest BCUT2D eigenvalue weighted by Crippen LogP contribution is 2.52. The Labute approximate surface area is 183 Å². The van der Waals surface area contributed by atoms with Gasteiger partial charge < -0.3 is 14.4 Å². The molecule has 1 aliphatic heterocycles. The van der Waals surface area contributed by atoms with Crippen LogP contribution in [0.5, 0.6) is 11.5 Å². The Morgan fingerprint density at radius 3 is 2.35 bits per heavy atom. The third-order valence-corrected chi connectivity index (χ3v) is 6.67. The molecule has 0 unspecified atom stereocenters. The third-order valence-electron chi connectivity index (χ3n) is 6.67. The maximum absolute atomic E-state index is 13.6. The number of amides is 1. The van der Waals surface area contributed by atoms with Crippen molar-refractivity contribution >= 4 is 11.6 Å². The van der Waals surface area contributed by atoms with Crippen LogP contribution in [-0.2, 0) is 10.2 Å². The molecule has 2 aliphatic rings. The Morgan fingerprint density at radius 2 is 1.61 bits per heavy atom. The van der Waals surface area contributed by atoms with E-state index in [2.05, 4.69) is 51.1 Å². The first-order valence-corrected chi connectivity index (χ1v) is 10.8. The molecule has 3 aromatic rings. The SMILES string of the molecule is Cc1ccc(-c2cc(N(C)C(=O)C3(c4ccc5c(c4)OCO5)CC3)ccc2C)c(C)c1. The summed E-state index contributed by atoms with van der Waals surface area (Å²) in [6.45, 7) is 6.61. The molecule has 158 valence electrons. The topological polar surface area (TPSA) is 38.8 Å². The van der Waals surface area contributed by atoms with Crippen molar-refractivity contribution in [1.82, 2.24) is 0 Å². The number of fused-ring (bicyclic) bond motifs is 1. The zero-order valence-electron chi connectivity index (χ0n) is 18.5. The van der Waals surface area contributed by atoms with Gasteiger partial charge in [0.15, 0.2) is 11.5 Å². The van der Waals surface area contributed by atoms with E-state index in [4.69, 9.17) is 9.47 Å². The van der Waals surface area contributed by atoms with Crippen LogP contribution in [0, 0.1) is 20.8 Å². The highest BCUT2D eigenvalue weighted by molar-refractivity contribution is 6.03. The van der Waals surface area contributed by atoms with Crippen LogP contribution in [-0.4, -0.2) is 19.7 Å². The summed E-state index contributed by atoms with van der Waals surface area (Å²) in [4.78, 5) is 15.4. The number of likely N-dealkylation sites (N-methyl/N-ethyl adjacent to an activating group) is 1. The molecule has 0 atom stereocenters. The fourth-order valence-electron chi connectivity index (χ4n) is 4.61. The van der Waals surface area contributed by atoms with Crippen LogP contribution in [0.3, 0.4) is 0 Å². The Bertz CT molecular complexity index is 1190. The number of nitrogens with zero attached hydrogens (tertiary/aromatic N) is 1. The quantitative estimate of drug-likeness (QED) is 0.551. The zero-order chi connectivity index (χ0) is 21.8. The van der Waals surface area contributed by atoms with Gasteiger partial charge in [0.25, 0.3) is 0 Å². The molecule has 1 fully saturated rings. The second kappa shape index (κ2) is 7.16. The fourth-order valence-corrected chi connectivity index (χ4v) is 4.61.